The number of amides is 2. The fourth-order valence-electron chi connectivity index (χ4n) is 2.08. The first-order chi connectivity index (χ1) is 10.3. The maximum Gasteiger partial charge on any atom is 0.324 e. The number of allylic oxidation sites excluding steroid dienone is 3. The zero-order valence-electron chi connectivity index (χ0n) is 12.1. The molecule has 0 spiro atoms. The van der Waals surface area contributed by atoms with E-state index < -0.39 is 6.03 Å². The van der Waals surface area contributed by atoms with Crippen LogP contribution in [0.5, 0.6) is 0 Å². The zero-order chi connectivity index (χ0) is 16.4. The molecule has 0 heterocycles. The summed E-state index contributed by atoms with van der Waals surface area (Å²) in [5, 5.41) is 11.1. The number of nitrogens with zero attached hydrogens (tertiary/aromatic N) is 1. The summed E-state index contributed by atoms with van der Waals surface area (Å²) in [6.07, 6.45) is 2.62. The van der Waals surface area contributed by atoms with Crippen molar-refractivity contribution >= 4 is 40.5 Å². The van der Waals surface area contributed by atoms with Gasteiger partial charge in [0.25, 0.3) is 0 Å². The van der Waals surface area contributed by atoms with Gasteiger partial charge in [-0.2, -0.15) is 0 Å². The fourth-order valence-corrected chi connectivity index (χ4v) is 2.34. The molecular formula is C15H15ClN4O2. The van der Waals surface area contributed by atoms with Gasteiger partial charge in [0.2, 0.25) is 5.78 Å². The number of halogens is 1. The number of benzene rings is 1. The third kappa shape index (κ3) is 2.87. The van der Waals surface area contributed by atoms with Crippen molar-refractivity contribution in [2.45, 2.75) is 6.92 Å². The predicted molar refractivity (Wildman–Crippen MR) is 87.6 cm³/mol. The largest absolute Gasteiger partial charge is 0.387 e. The van der Waals surface area contributed by atoms with Gasteiger partial charge in [-0.15, -0.1) is 0 Å². The average Bonchev–Trinajstić information content (AvgIpc) is 2.44. The number of carbonyl (C=O) groups excluding carboxylic acids is 2. The van der Waals surface area contributed by atoms with Gasteiger partial charge in [-0.25, -0.2) is 4.79 Å². The van der Waals surface area contributed by atoms with Crippen LogP contribution in [0.4, 0.5) is 16.2 Å². The summed E-state index contributed by atoms with van der Waals surface area (Å²) in [5.74, 6) is -0.388. The van der Waals surface area contributed by atoms with Crippen LogP contribution in [0.1, 0.15) is 6.92 Å². The van der Waals surface area contributed by atoms with Crippen molar-refractivity contribution in [1.82, 2.24) is 0 Å². The maximum absolute atomic E-state index is 12.1. The van der Waals surface area contributed by atoms with Crippen LogP contribution >= 0.6 is 11.6 Å². The van der Waals surface area contributed by atoms with Gasteiger partial charge in [0.05, 0.1) is 22.1 Å². The molecule has 0 unspecified atom stereocenters. The highest BCUT2D eigenvalue weighted by molar-refractivity contribution is 6.33. The second-order valence-corrected chi connectivity index (χ2v) is 5.13. The molecule has 1 aromatic rings. The van der Waals surface area contributed by atoms with Crippen molar-refractivity contribution in [3.8, 4) is 0 Å². The Labute approximate surface area is 132 Å². The second-order valence-electron chi connectivity index (χ2n) is 4.72. The van der Waals surface area contributed by atoms with Crippen molar-refractivity contribution in [1.29, 1.82) is 5.41 Å². The Bertz CT molecular complexity index is 737. The zero-order valence-corrected chi connectivity index (χ0v) is 12.9. The first-order valence-electron chi connectivity index (χ1n) is 6.45. The summed E-state index contributed by atoms with van der Waals surface area (Å²) in [6.45, 7) is 1.65. The molecule has 0 saturated carbocycles. The van der Waals surface area contributed by atoms with E-state index in [4.69, 9.17) is 22.7 Å². The molecule has 0 bridgehead atoms. The molecule has 0 atom stereocenters. The Balaban J connectivity index is 2.50. The Morgan fingerprint density at radius 2 is 2.05 bits per heavy atom. The third-order valence-corrected chi connectivity index (χ3v) is 3.56. The average molecular weight is 319 g/mol. The van der Waals surface area contributed by atoms with E-state index in [1.54, 1.807) is 26.1 Å². The van der Waals surface area contributed by atoms with Crippen molar-refractivity contribution in [3.05, 3.63) is 46.6 Å². The molecule has 0 saturated heterocycles. The lowest BCUT2D eigenvalue weighted by Crippen LogP contribution is -2.39. The van der Waals surface area contributed by atoms with Crippen LogP contribution in [0.2, 0.25) is 5.02 Å². The van der Waals surface area contributed by atoms with E-state index in [9.17, 15) is 9.59 Å². The molecule has 7 heteroatoms. The first-order valence-corrected chi connectivity index (χ1v) is 6.83. The molecule has 0 fully saturated rings. The van der Waals surface area contributed by atoms with Gasteiger partial charge >= 0.3 is 6.03 Å². The molecule has 4 N–H and O–H groups in total. The topological polar surface area (TPSA) is 99.3 Å². The predicted octanol–water partition coefficient (Wildman–Crippen LogP) is 2.70. The van der Waals surface area contributed by atoms with Crippen LogP contribution in [0, 0.1) is 5.41 Å². The van der Waals surface area contributed by atoms with Gasteiger partial charge in [-0.1, -0.05) is 11.6 Å². The van der Waals surface area contributed by atoms with Crippen molar-refractivity contribution < 1.29 is 9.59 Å². The third-order valence-electron chi connectivity index (χ3n) is 3.25. The van der Waals surface area contributed by atoms with Crippen LogP contribution in [-0.2, 0) is 4.79 Å². The van der Waals surface area contributed by atoms with Gasteiger partial charge < -0.3 is 16.5 Å². The van der Waals surface area contributed by atoms with Gasteiger partial charge in [0.15, 0.2) is 0 Å². The summed E-state index contributed by atoms with van der Waals surface area (Å²) in [5.41, 5.74) is 7.15. The highest BCUT2D eigenvalue weighted by Crippen LogP contribution is 2.30. The summed E-state index contributed by atoms with van der Waals surface area (Å²) >= 11 is 6.11. The minimum Gasteiger partial charge on any atom is -0.387 e. The molecule has 2 rings (SSSR count). The SMILES string of the molecule is CNc1ccc(N(C(N)=O)C2=CC(=N)C(C)=CC2=O)cc1Cl. The molecule has 22 heavy (non-hydrogen) atoms. The quantitative estimate of drug-likeness (QED) is 0.747. The molecule has 1 aliphatic rings. The van der Waals surface area contributed by atoms with Gasteiger partial charge in [-0.3, -0.25) is 9.69 Å². The lowest BCUT2D eigenvalue weighted by molar-refractivity contribution is -0.111. The van der Waals surface area contributed by atoms with E-state index in [-0.39, 0.29) is 17.2 Å². The number of carbonyl (C=O) groups is 2. The summed E-state index contributed by atoms with van der Waals surface area (Å²) in [6, 6.07) is 3.99. The lowest BCUT2D eigenvalue weighted by atomic mass is 10.0. The first kappa shape index (κ1) is 15.8. The summed E-state index contributed by atoms with van der Waals surface area (Å²) in [4.78, 5) is 25.0. The van der Waals surface area contributed by atoms with E-state index in [2.05, 4.69) is 5.32 Å². The summed E-state index contributed by atoms with van der Waals surface area (Å²) in [7, 11) is 1.72. The Morgan fingerprint density at radius 3 is 2.59 bits per heavy atom. The molecule has 0 radical (unpaired) electrons. The van der Waals surface area contributed by atoms with Crippen LogP contribution in [0.15, 0.2) is 41.6 Å². The van der Waals surface area contributed by atoms with Crippen molar-refractivity contribution in [2.24, 2.45) is 5.73 Å². The molecule has 0 aliphatic heterocycles. The number of primary amides is 1. The summed E-state index contributed by atoms with van der Waals surface area (Å²) < 4.78 is 0. The van der Waals surface area contributed by atoms with Crippen LogP contribution in [0.25, 0.3) is 0 Å². The van der Waals surface area contributed by atoms with E-state index in [1.807, 2.05) is 0 Å². The fraction of sp³-hybridized carbons (Fsp3) is 0.133. The van der Waals surface area contributed by atoms with E-state index >= 15 is 0 Å². The van der Waals surface area contributed by atoms with E-state index in [0.717, 1.165) is 4.90 Å². The van der Waals surface area contributed by atoms with Gasteiger partial charge in [0, 0.05) is 7.05 Å². The number of rotatable bonds is 3. The smallest absolute Gasteiger partial charge is 0.324 e. The normalized spacial score (nSPS) is 14.3. The van der Waals surface area contributed by atoms with Gasteiger partial charge in [-0.05, 0) is 42.8 Å². The molecule has 6 nitrogen and oxygen atoms in total. The van der Waals surface area contributed by atoms with Crippen molar-refractivity contribution in [3.63, 3.8) is 0 Å². The number of hydrogen-bond donors (Lipinski definition) is 3. The number of nitrogens with two attached hydrogens (primary N) is 1. The van der Waals surface area contributed by atoms with Gasteiger partial charge in [0.1, 0.15) is 5.70 Å². The lowest BCUT2D eigenvalue weighted by Gasteiger charge is -2.24. The number of anilines is 2. The minimum atomic E-state index is -0.825. The Kier molecular flexibility index (Phi) is 4.32. The Hall–Kier alpha value is -2.60. The molecule has 2 amide bonds. The monoisotopic (exact) mass is 318 g/mol. The number of nitrogens with one attached hydrogen (secondary N) is 2. The second kappa shape index (κ2) is 6.03. The number of hydrogen-bond acceptors (Lipinski definition) is 4. The molecule has 0 aromatic heterocycles. The highest BCUT2D eigenvalue weighted by atomic mass is 35.5. The number of urea groups is 1. The molecular weight excluding hydrogens is 304 g/mol. The molecule has 114 valence electrons. The molecule has 1 aliphatic carbocycles. The molecule has 1 aromatic carbocycles. The van der Waals surface area contributed by atoms with Crippen molar-refractivity contribution in [2.75, 3.05) is 17.3 Å². The highest BCUT2D eigenvalue weighted by Gasteiger charge is 2.26. The minimum absolute atomic E-state index is 0.0244. The standard InChI is InChI=1S/C15H15ClN4O2/c1-8-5-14(21)13(7-11(8)17)20(15(18)22)9-3-4-12(19-2)10(16)6-9/h3-7,17,19H,1-2H3,(H2,18,22). The Morgan fingerprint density at radius 1 is 1.36 bits per heavy atom. The van der Waals surface area contributed by atoms with Crippen LogP contribution < -0.4 is 16.0 Å². The van der Waals surface area contributed by atoms with Crippen LogP contribution in [0.3, 0.4) is 0 Å². The van der Waals surface area contributed by atoms with E-state index in [1.165, 1.54) is 18.2 Å². The van der Waals surface area contributed by atoms with Crippen LogP contribution in [-0.4, -0.2) is 24.6 Å². The van der Waals surface area contributed by atoms with E-state index in [0.29, 0.717) is 22.0 Å². The number of ketones is 1. The maximum atomic E-state index is 12.1.